The number of carbonyl (C=O) groups excluding carboxylic acids is 1. The van der Waals surface area contributed by atoms with Crippen molar-refractivity contribution in [1.29, 1.82) is 0 Å². The van der Waals surface area contributed by atoms with Gasteiger partial charge in [0.1, 0.15) is 17.0 Å². The first-order valence-corrected chi connectivity index (χ1v) is 11.5. The summed E-state index contributed by atoms with van der Waals surface area (Å²) in [7, 11) is 1.63. The molecule has 35 heavy (non-hydrogen) atoms. The third-order valence-corrected chi connectivity index (χ3v) is 5.72. The molecule has 0 bridgehead atoms. The van der Waals surface area contributed by atoms with Crippen molar-refractivity contribution in [1.82, 2.24) is 4.98 Å². The molecule has 0 atom stereocenters. The molecule has 5 rings (SSSR count). The molecule has 1 heterocycles. The van der Waals surface area contributed by atoms with E-state index in [0.29, 0.717) is 22.8 Å². The van der Waals surface area contributed by atoms with E-state index in [2.05, 4.69) is 25.9 Å². The second-order valence-corrected chi connectivity index (χ2v) is 8.54. The van der Waals surface area contributed by atoms with Crippen LogP contribution in [0.5, 0.6) is 11.5 Å². The van der Waals surface area contributed by atoms with Gasteiger partial charge in [0.25, 0.3) is 0 Å². The molecule has 0 aliphatic heterocycles. The summed E-state index contributed by atoms with van der Waals surface area (Å²) in [6.07, 6.45) is 1.74. The van der Waals surface area contributed by atoms with E-state index in [0.717, 1.165) is 32.6 Å². The quantitative estimate of drug-likeness (QED) is 0.132. The summed E-state index contributed by atoms with van der Waals surface area (Å²) in [5.41, 5.74) is 4.37. The van der Waals surface area contributed by atoms with Gasteiger partial charge in [-0.3, -0.25) is 4.99 Å². The van der Waals surface area contributed by atoms with E-state index >= 15 is 0 Å². The minimum Gasteiger partial charge on any atom is -0.497 e. The van der Waals surface area contributed by atoms with E-state index in [1.807, 2.05) is 60.7 Å². The lowest BCUT2D eigenvalue weighted by Crippen LogP contribution is -2.08. The highest BCUT2D eigenvalue weighted by Crippen LogP contribution is 2.28. The second-order valence-electron chi connectivity index (χ2n) is 7.63. The zero-order valence-electron chi connectivity index (χ0n) is 18.6. The van der Waals surface area contributed by atoms with Gasteiger partial charge in [-0.05, 0) is 90.5 Å². The predicted octanol–water partition coefficient (Wildman–Crippen LogP) is 7.24. The van der Waals surface area contributed by atoms with Crippen LogP contribution in [0.15, 0.2) is 105 Å². The van der Waals surface area contributed by atoms with Crippen LogP contribution >= 0.6 is 15.9 Å². The first-order chi connectivity index (χ1) is 17.1. The van der Waals surface area contributed by atoms with Gasteiger partial charge in [0, 0.05) is 16.3 Å². The monoisotopic (exact) mass is 526 g/mol. The molecule has 0 aliphatic rings. The molecule has 5 aromatic rings. The Labute approximate surface area is 210 Å². The summed E-state index contributed by atoms with van der Waals surface area (Å²) in [6.45, 7) is 0. The Bertz CT molecular complexity index is 1520. The number of halogens is 1. The first kappa shape index (κ1) is 22.6. The second kappa shape index (κ2) is 9.95. The average Bonchev–Trinajstić information content (AvgIpc) is 3.32. The van der Waals surface area contributed by atoms with Gasteiger partial charge >= 0.3 is 5.97 Å². The van der Waals surface area contributed by atoms with Crippen LogP contribution in [0, 0.1) is 0 Å². The number of nitrogens with zero attached hydrogens (tertiary/aromatic N) is 2. The van der Waals surface area contributed by atoms with Gasteiger partial charge in [0.2, 0.25) is 5.89 Å². The number of rotatable bonds is 6. The van der Waals surface area contributed by atoms with E-state index < -0.39 is 5.97 Å². The molecule has 1 aromatic heterocycles. The van der Waals surface area contributed by atoms with Crippen molar-refractivity contribution >= 4 is 44.9 Å². The number of fused-ring (bicyclic) bond motifs is 1. The summed E-state index contributed by atoms with van der Waals surface area (Å²) in [6, 6.07) is 27.4. The Morgan fingerprint density at radius 1 is 0.943 bits per heavy atom. The third-order valence-electron chi connectivity index (χ3n) is 5.22. The van der Waals surface area contributed by atoms with Crippen LogP contribution < -0.4 is 9.47 Å². The molecular weight excluding hydrogens is 508 g/mol. The summed E-state index contributed by atoms with van der Waals surface area (Å²) in [5, 5.41) is 0. The van der Waals surface area contributed by atoms with Crippen LogP contribution in [0.2, 0.25) is 0 Å². The minimum atomic E-state index is -0.414. The molecule has 0 saturated carbocycles. The van der Waals surface area contributed by atoms with Crippen LogP contribution in [0.3, 0.4) is 0 Å². The maximum absolute atomic E-state index is 12.3. The van der Waals surface area contributed by atoms with Gasteiger partial charge in [-0.2, -0.15) is 0 Å². The van der Waals surface area contributed by atoms with Crippen molar-refractivity contribution in [2.75, 3.05) is 7.11 Å². The standard InChI is InChI=1S/C28H19BrN2O4/c1-33-23-12-7-19(8-13-23)27-31-25-16-22(9-14-26(25)35-27)30-17-18-5-10-24(11-6-18)34-28(32)20-3-2-4-21(29)15-20/h2-17H,1H3. The Morgan fingerprint density at radius 3 is 2.46 bits per heavy atom. The van der Waals surface area contributed by atoms with Crippen molar-refractivity contribution < 1.29 is 18.7 Å². The Hall–Kier alpha value is -4.23. The molecule has 0 spiro atoms. The number of benzene rings is 4. The number of ether oxygens (including phenoxy) is 2. The van der Waals surface area contributed by atoms with E-state index in [1.54, 1.807) is 43.7 Å². The summed E-state index contributed by atoms with van der Waals surface area (Å²) < 4.78 is 17.3. The lowest BCUT2D eigenvalue weighted by Gasteiger charge is -2.05. The first-order valence-electron chi connectivity index (χ1n) is 10.7. The number of hydrogen-bond acceptors (Lipinski definition) is 6. The van der Waals surface area contributed by atoms with Crippen molar-refractivity contribution in [3.05, 3.63) is 107 Å². The molecule has 0 unspecified atom stereocenters. The molecule has 4 aromatic carbocycles. The number of aliphatic imine (C=N–C) groups is 1. The molecule has 0 radical (unpaired) electrons. The number of oxazole rings is 1. The van der Waals surface area contributed by atoms with Gasteiger partial charge in [-0.15, -0.1) is 0 Å². The smallest absolute Gasteiger partial charge is 0.343 e. The largest absolute Gasteiger partial charge is 0.497 e. The summed E-state index contributed by atoms with van der Waals surface area (Å²) >= 11 is 3.36. The molecule has 0 saturated heterocycles. The van der Waals surface area contributed by atoms with E-state index in [1.165, 1.54) is 0 Å². The fourth-order valence-corrected chi connectivity index (χ4v) is 3.80. The van der Waals surface area contributed by atoms with Crippen LogP contribution in [0.4, 0.5) is 5.69 Å². The van der Waals surface area contributed by atoms with Crippen molar-refractivity contribution in [3.8, 4) is 23.0 Å². The lowest BCUT2D eigenvalue weighted by molar-refractivity contribution is 0.0734. The number of carbonyl (C=O) groups is 1. The molecule has 0 aliphatic carbocycles. The predicted molar refractivity (Wildman–Crippen MR) is 139 cm³/mol. The SMILES string of the molecule is COc1ccc(-c2nc3cc(N=Cc4ccc(OC(=O)c5cccc(Br)c5)cc4)ccc3o2)cc1. The van der Waals surface area contributed by atoms with Crippen molar-refractivity contribution in [2.45, 2.75) is 0 Å². The lowest BCUT2D eigenvalue weighted by atomic mass is 10.2. The normalized spacial score (nSPS) is 11.1. The minimum absolute atomic E-state index is 0.414. The highest BCUT2D eigenvalue weighted by molar-refractivity contribution is 9.10. The fraction of sp³-hybridized carbons (Fsp3) is 0.0357. The average molecular weight is 527 g/mol. The number of hydrogen-bond donors (Lipinski definition) is 0. The summed E-state index contributed by atoms with van der Waals surface area (Å²) in [4.78, 5) is 21.4. The number of methoxy groups -OCH3 is 1. The Morgan fingerprint density at radius 2 is 1.71 bits per heavy atom. The Balaban J connectivity index is 1.27. The zero-order chi connectivity index (χ0) is 24.2. The number of esters is 1. The van der Waals surface area contributed by atoms with E-state index in [9.17, 15) is 4.79 Å². The van der Waals surface area contributed by atoms with Crippen molar-refractivity contribution in [2.24, 2.45) is 4.99 Å². The Kier molecular flexibility index (Phi) is 6.41. The molecule has 0 fully saturated rings. The molecule has 172 valence electrons. The van der Waals surface area contributed by atoms with E-state index in [4.69, 9.17) is 13.9 Å². The van der Waals surface area contributed by atoms with Crippen LogP contribution in [-0.2, 0) is 0 Å². The fourth-order valence-electron chi connectivity index (χ4n) is 3.41. The number of aromatic nitrogens is 1. The molecule has 7 heteroatoms. The van der Waals surface area contributed by atoms with Gasteiger partial charge in [-0.1, -0.05) is 22.0 Å². The molecule has 6 nitrogen and oxygen atoms in total. The molecular formula is C28H19BrN2O4. The molecule has 0 N–H and O–H groups in total. The zero-order valence-corrected chi connectivity index (χ0v) is 20.2. The maximum Gasteiger partial charge on any atom is 0.343 e. The van der Waals surface area contributed by atoms with Gasteiger partial charge in [0.15, 0.2) is 5.58 Å². The van der Waals surface area contributed by atoms with Crippen molar-refractivity contribution in [3.63, 3.8) is 0 Å². The highest BCUT2D eigenvalue weighted by Gasteiger charge is 2.10. The topological polar surface area (TPSA) is 73.9 Å². The molecule has 0 amide bonds. The van der Waals surface area contributed by atoms with E-state index in [-0.39, 0.29) is 0 Å². The maximum atomic E-state index is 12.3. The van der Waals surface area contributed by atoms with Crippen LogP contribution in [0.1, 0.15) is 15.9 Å². The van der Waals surface area contributed by atoms with Gasteiger partial charge in [-0.25, -0.2) is 9.78 Å². The third kappa shape index (κ3) is 5.31. The van der Waals surface area contributed by atoms with Crippen LogP contribution in [-0.4, -0.2) is 24.3 Å². The van der Waals surface area contributed by atoms with Gasteiger partial charge < -0.3 is 13.9 Å². The van der Waals surface area contributed by atoms with Crippen LogP contribution in [0.25, 0.3) is 22.6 Å². The summed E-state index contributed by atoms with van der Waals surface area (Å²) in [5.74, 6) is 1.36. The van der Waals surface area contributed by atoms with Gasteiger partial charge in [0.05, 0.1) is 18.4 Å². The highest BCUT2D eigenvalue weighted by atomic mass is 79.9.